The molecule has 0 radical (unpaired) electrons. The van der Waals surface area contributed by atoms with Gasteiger partial charge in [0, 0.05) is 10.6 Å². The molecule has 2 rings (SSSR count). The van der Waals surface area contributed by atoms with Crippen molar-refractivity contribution in [3.8, 4) is 0 Å². The van der Waals surface area contributed by atoms with Gasteiger partial charge in [-0.2, -0.15) is 0 Å². The molecule has 2 aromatic carbocycles. The Balaban J connectivity index is 2.00. The van der Waals surface area contributed by atoms with E-state index in [1.807, 2.05) is 18.2 Å². The molecule has 2 nitrogen and oxygen atoms in total. The zero-order valence-corrected chi connectivity index (χ0v) is 11.3. The van der Waals surface area contributed by atoms with Gasteiger partial charge in [-0.3, -0.25) is 0 Å². The summed E-state index contributed by atoms with van der Waals surface area (Å²) in [4.78, 5) is 1.00. The van der Waals surface area contributed by atoms with Gasteiger partial charge in [-0.1, -0.05) is 24.3 Å². The normalized spacial score (nSPS) is 10.5. The van der Waals surface area contributed by atoms with Gasteiger partial charge in [0.15, 0.2) is 0 Å². The molecule has 2 aromatic rings. The minimum atomic E-state index is -1.44. The van der Waals surface area contributed by atoms with Crippen LogP contribution in [0.3, 0.4) is 0 Å². The van der Waals surface area contributed by atoms with Crippen molar-refractivity contribution in [3.63, 3.8) is 0 Å². The van der Waals surface area contributed by atoms with Crippen molar-refractivity contribution in [1.82, 2.24) is 0 Å². The minimum absolute atomic E-state index is 0.183. The van der Waals surface area contributed by atoms with Crippen molar-refractivity contribution in [2.75, 3.05) is 0 Å². The van der Waals surface area contributed by atoms with Gasteiger partial charge in [0.05, 0.1) is 0 Å². The Morgan fingerprint density at radius 1 is 1.11 bits per heavy atom. The molecule has 0 atom stereocenters. The zero-order chi connectivity index (χ0) is 13.8. The van der Waals surface area contributed by atoms with Crippen molar-refractivity contribution in [2.45, 2.75) is 17.6 Å². The van der Waals surface area contributed by atoms with Crippen LogP contribution in [0.4, 0.5) is 4.39 Å². The summed E-state index contributed by atoms with van der Waals surface area (Å²) < 4.78 is 13.4. The van der Waals surface area contributed by atoms with E-state index in [1.165, 1.54) is 0 Å². The molecule has 5 heteroatoms. The van der Waals surface area contributed by atoms with Crippen molar-refractivity contribution in [1.29, 1.82) is 0 Å². The van der Waals surface area contributed by atoms with E-state index in [9.17, 15) is 4.39 Å². The molecular weight excluding hydrogens is 262 g/mol. The maximum Gasteiger partial charge on any atom is 0.488 e. The average Bonchev–Trinajstić information content (AvgIpc) is 2.40. The van der Waals surface area contributed by atoms with Crippen molar-refractivity contribution in [3.05, 3.63) is 59.4 Å². The minimum Gasteiger partial charge on any atom is -0.423 e. The lowest BCUT2D eigenvalue weighted by Crippen LogP contribution is -2.29. The largest absolute Gasteiger partial charge is 0.488 e. The third-order valence-corrected chi connectivity index (χ3v) is 3.90. The van der Waals surface area contributed by atoms with Crippen LogP contribution in [0.2, 0.25) is 0 Å². The van der Waals surface area contributed by atoms with Gasteiger partial charge in [0.2, 0.25) is 0 Å². The summed E-state index contributed by atoms with van der Waals surface area (Å²) in [5.74, 6) is 0.495. The fourth-order valence-electron chi connectivity index (χ4n) is 1.63. The second-order valence-electron chi connectivity index (χ2n) is 4.31. The fraction of sp³-hybridized carbons (Fsp3) is 0.143. The third kappa shape index (κ3) is 3.83. The number of halogens is 1. The average molecular weight is 276 g/mol. The molecule has 0 saturated carbocycles. The van der Waals surface area contributed by atoms with Gasteiger partial charge in [0.25, 0.3) is 0 Å². The van der Waals surface area contributed by atoms with E-state index in [4.69, 9.17) is 10.0 Å². The smallest absolute Gasteiger partial charge is 0.423 e. The Labute approximate surface area is 116 Å². The highest BCUT2D eigenvalue weighted by molar-refractivity contribution is 7.98. The van der Waals surface area contributed by atoms with Crippen LogP contribution < -0.4 is 5.46 Å². The second-order valence-corrected chi connectivity index (χ2v) is 5.36. The van der Waals surface area contributed by atoms with E-state index in [1.54, 1.807) is 43.0 Å². The lowest BCUT2D eigenvalue weighted by atomic mass is 9.81. The van der Waals surface area contributed by atoms with E-state index in [0.29, 0.717) is 16.8 Å². The molecule has 0 aliphatic heterocycles. The van der Waals surface area contributed by atoms with Crippen molar-refractivity contribution >= 4 is 24.3 Å². The molecule has 2 N–H and O–H groups in total. The first-order chi connectivity index (χ1) is 9.06. The van der Waals surface area contributed by atoms with Crippen LogP contribution in [-0.2, 0) is 5.75 Å². The highest BCUT2D eigenvalue weighted by Crippen LogP contribution is 2.22. The van der Waals surface area contributed by atoms with Gasteiger partial charge in [-0.25, -0.2) is 4.39 Å². The Bertz CT molecular complexity index is 558. The summed E-state index contributed by atoms with van der Waals surface area (Å²) in [6, 6.07) is 12.2. The number of thioether (sulfide) groups is 1. The number of aryl methyl sites for hydroxylation is 1. The molecule has 0 amide bonds. The van der Waals surface area contributed by atoms with Crippen LogP contribution in [0.15, 0.2) is 47.4 Å². The third-order valence-electron chi connectivity index (χ3n) is 2.82. The van der Waals surface area contributed by atoms with Crippen LogP contribution in [0, 0.1) is 12.7 Å². The molecule has 0 heterocycles. The van der Waals surface area contributed by atoms with Gasteiger partial charge in [-0.05, 0) is 41.7 Å². The number of rotatable bonds is 4. The predicted molar refractivity (Wildman–Crippen MR) is 77.0 cm³/mol. The maximum absolute atomic E-state index is 13.4. The summed E-state index contributed by atoms with van der Waals surface area (Å²) in [5.41, 5.74) is 2.04. The van der Waals surface area contributed by atoms with E-state index >= 15 is 0 Å². The number of benzene rings is 2. The molecule has 0 unspecified atom stereocenters. The molecule has 0 aliphatic carbocycles. The monoisotopic (exact) mass is 276 g/mol. The molecule has 0 fully saturated rings. The molecular formula is C14H14BFO2S. The lowest BCUT2D eigenvalue weighted by molar-refractivity contribution is 0.426. The van der Waals surface area contributed by atoms with Crippen LogP contribution in [0.25, 0.3) is 0 Å². The summed E-state index contributed by atoms with van der Waals surface area (Å²) in [6.07, 6.45) is 0. The van der Waals surface area contributed by atoms with E-state index in [0.717, 1.165) is 10.5 Å². The SMILES string of the molecule is Cc1ccc(CSc2ccc(B(O)O)cc2)cc1F. The molecule has 98 valence electrons. The van der Waals surface area contributed by atoms with E-state index in [2.05, 4.69) is 0 Å². The first kappa shape index (κ1) is 14.1. The molecule has 0 saturated heterocycles. The Kier molecular flexibility index (Phi) is 4.63. The predicted octanol–water partition coefficient (Wildman–Crippen LogP) is 2.11. The Hall–Kier alpha value is -1.30. The van der Waals surface area contributed by atoms with Crippen molar-refractivity contribution in [2.24, 2.45) is 0 Å². The van der Waals surface area contributed by atoms with E-state index in [-0.39, 0.29) is 5.82 Å². The maximum atomic E-state index is 13.4. The van der Waals surface area contributed by atoms with Crippen LogP contribution in [0.5, 0.6) is 0 Å². The van der Waals surface area contributed by atoms with Crippen LogP contribution in [0.1, 0.15) is 11.1 Å². The summed E-state index contributed by atoms with van der Waals surface area (Å²) >= 11 is 1.58. The summed E-state index contributed by atoms with van der Waals surface area (Å²) in [6.45, 7) is 1.74. The highest BCUT2D eigenvalue weighted by atomic mass is 32.2. The summed E-state index contributed by atoms with van der Waals surface area (Å²) in [7, 11) is -1.44. The molecule has 0 aromatic heterocycles. The highest BCUT2D eigenvalue weighted by Gasteiger charge is 2.09. The topological polar surface area (TPSA) is 40.5 Å². The molecule has 0 aliphatic rings. The van der Waals surface area contributed by atoms with E-state index < -0.39 is 7.12 Å². The first-order valence-electron chi connectivity index (χ1n) is 5.90. The standard InChI is InChI=1S/C14H14BFO2S/c1-10-2-3-11(8-14(10)16)9-19-13-6-4-12(5-7-13)15(17)18/h2-8,17-18H,9H2,1H3. The number of hydrogen-bond acceptors (Lipinski definition) is 3. The Morgan fingerprint density at radius 3 is 2.37 bits per heavy atom. The van der Waals surface area contributed by atoms with Gasteiger partial charge < -0.3 is 10.0 Å². The lowest BCUT2D eigenvalue weighted by Gasteiger charge is -2.05. The molecule has 0 spiro atoms. The first-order valence-corrected chi connectivity index (χ1v) is 6.89. The molecule has 0 bridgehead atoms. The zero-order valence-electron chi connectivity index (χ0n) is 10.5. The summed E-state index contributed by atoms with van der Waals surface area (Å²) in [5, 5.41) is 18.0. The second kappa shape index (κ2) is 6.24. The molecule has 19 heavy (non-hydrogen) atoms. The number of hydrogen-bond donors (Lipinski definition) is 2. The fourth-order valence-corrected chi connectivity index (χ4v) is 2.47. The van der Waals surface area contributed by atoms with Crippen molar-refractivity contribution < 1.29 is 14.4 Å². The van der Waals surface area contributed by atoms with Gasteiger partial charge >= 0.3 is 7.12 Å². The van der Waals surface area contributed by atoms with Gasteiger partial charge in [-0.15, -0.1) is 11.8 Å². The Morgan fingerprint density at radius 2 is 1.79 bits per heavy atom. The van der Waals surface area contributed by atoms with Gasteiger partial charge in [0.1, 0.15) is 5.82 Å². The quantitative estimate of drug-likeness (QED) is 0.663. The van der Waals surface area contributed by atoms with Crippen LogP contribution >= 0.6 is 11.8 Å². The van der Waals surface area contributed by atoms with Crippen LogP contribution in [-0.4, -0.2) is 17.2 Å².